The van der Waals surface area contributed by atoms with Crippen molar-refractivity contribution >= 4 is 6.16 Å². The van der Waals surface area contributed by atoms with E-state index in [1.54, 1.807) is 26.2 Å². The molecule has 174 valence electrons. The molecule has 3 unspecified atom stereocenters. The second-order valence-electron chi connectivity index (χ2n) is 7.26. The van der Waals surface area contributed by atoms with E-state index in [0.717, 1.165) is 16.9 Å². The normalized spacial score (nSPS) is 25.1. The summed E-state index contributed by atoms with van der Waals surface area (Å²) in [4.78, 5) is 11.4. The number of rotatable bonds is 8. The summed E-state index contributed by atoms with van der Waals surface area (Å²) < 4.78 is 26.2. The van der Waals surface area contributed by atoms with Crippen molar-refractivity contribution < 1.29 is 43.8 Å². The van der Waals surface area contributed by atoms with Gasteiger partial charge in [0.1, 0.15) is 42.5 Å². The molecular weight excluding hydrogens is 420 g/mol. The molecule has 9 heteroatoms. The Hall–Kier alpha value is -2.85. The van der Waals surface area contributed by atoms with Gasteiger partial charge in [0.15, 0.2) is 0 Å². The summed E-state index contributed by atoms with van der Waals surface area (Å²) >= 11 is 0. The summed E-state index contributed by atoms with van der Waals surface area (Å²) in [6.45, 7) is 1.38. The van der Waals surface area contributed by atoms with E-state index in [0.29, 0.717) is 12.2 Å². The zero-order valence-corrected chi connectivity index (χ0v) is 17.9. The van der Waals surface area contributed by atoms with Crippen molar-refractivity contribution in [2.75, 3.05) is 20.3 Å². The molecule has 0 radical (unpaired) electrons. The lowest BCUT2D eigenvalue weighted by atomic mass is 9.99. The number of aliphatic hydroxyl groups excluding tert-OH is 3. The molecule has 1 saturated heterocycles. The minimum atomic E-state index is -1.56. The van der Waals surface area contributed by atoms with Gasteiger partial charge in [-0.15, -0.1) is 0 Å². The highest BCUT2D eigenvalue weighted by molar-refractivity contribution is 5.59. The molecule has 1 heterocycles. The number of carbonyl (C=O) groups is 1. The molecule has 0 amide bonds. The molecule has 1 fully saturated rings. The summed E-state index contributed by atoms with van der Waals surface area (Å²) in [5, 5.41) is 30.8. The van der Waals surface area contributed by atoms with Gasteiger partial charge in [-0.05, 0) is 36.2 Å². The molecule has 0 bridgehead atoms. The highest BCUT2D eigenvalue weighted by atomic mass is 16.7. The van der Waals surface area contributed by atoms with Crippen molar-refractivity contribution in [1.82, 2.24) is 0 Å². The molecule has 0 spiro atoms. The first-order chi connectivity index (χ1) is 15.4. The summed E-state index contributed by atoms with van der Waals surface area (Å²) in [6, 6.07) is 14.8. The second-order valence-corrected chi connectivity index (χ2v) is 7.26. The molecule has 1 aliphatic rings. The number of benzene rings is 2. The van der Waals surface area contributed by atoms with Crippen LogP contribution in [0.15, 0.2) is 48.5 Å². The largest absolute Gasteiger partial charge is 0.508 e. The van der Waals surface area contributed by atoms with Crippen molar-refractivity contribution in [2.24, 2.45) is 0 Å². The fourth-order valence-electron chi connectivity index (χ4n) is 3.31. The Bertz CT molecular complexity index is 870. The lowest BCUT2D eigenvalue weighted by Crippen LogP contribution is -2.60. The van der Waals surface area contributed by atoms with E-state index < -0.39 is 36.9 Å². The molecule has 1 aliphatic heterocycles. The third kappa shape index (κ3) is 5.89. The molecule has 9 nitrogen and oxygen atoms in total. The first kappa shape index (κ1) is 23.8. The molecule has 32 heavy (non-hydrogen) atoms. The standard InChI is InChI=1S/C23H28O9/c1-3-29-23(27)30-13-18-19(24)20(25)21(26)22(32-18)31-17-7-5-4-6-15(17)12-14-8-10-16(28-2)11-9-14/h4-11,18-22,24-26H,3,12-13H2,1-2H3/t18?,19-,20?,21?,22-/m1/s1. The van der Waals surface area contributed by atoms with Crippen LogP contribution in [0.4, 0.5) is 4.79 Å². The minimum absolute atomic E-state index is 0.130. The SMILES string of the molecule is CCOC(=O)OCC1O[C@@H](Oc2ccccc2Cc2ccc(OC)cc2)C(O)C(O)[C@@H]1O. The topological polar surface area (TPSA) is 124 Å². The number of ether oxygens (including phenoxy) is 5. The van der Waals surface area contributed by atoms with Crippen LogP contribution in [0.1, 0.15) is 18.1 Å². The lowest BCUT2D eigenvalue weighted by molar-refractivity contribution is -0.278. The molecular formula is C23H28O9. The third-order valence-corrected chi connectivity index (χ3v) is 5.07. The van der Waals surface area contributed by atoms with Gasteiger partial charge >= 0.3 is 6.16 Å². The zero-order chi connectivity index (χ0) is 23.1. The number of hydrogen-bond acceptors (Lipinski definition) is 9. The smallest absolute Gasteiger partial charge is 0.497 e. The average Bonchev–Trinajstić information content (AvgIpc) is 2.80. The van der Waals surface area contributed by atoms with E-state index in [-0.39, 0.29) is 13.2 Å². The molecule has 0 saturated carbocycles. The summed E-state index contributed by atoms with van der Waals surface area (Å²) in [6.07, 6.45) is -7.34. The average molecular weight is 448 g/mol. The molecule has 5 atom stereocenters. The first-order valence-electron chi connectivity index (χ1n) is 10.3. The molecule has 3 N–H and O–H groups in total. The fourth-order valence-corrected chi connectivity index (χ4v) is 3.31. The number of hydrogen-bond donors (Lipinski definition) is 3. The molecule has 2 aromatic carbocycles. The maximum absolute atomic E-state index is 11.4. The van der Waals surface area contributed by atoms with Crippen LogP contribution in [0.5, 0.6) is 11.5 Å². The van der Waals surface area contributed by atoms with Crippen LogP contribution in [-0.2, 0) is 20.6 Å². The minimum Gasteiger partial charge on any atom is -0.497 e. The number of methoxy groups -OCH3 is 1. The Balaban J connectivity index is 1.71. The van der Waals surface area contributed by atoms with E-state index in [4.69, 9.17) is 18.9 Å². The Kier molecular flexibility index (Phi) is 8.29. The van der Waals surface area contributed by atoms with Crippen molar-refractivity contribution in [2.45, 2.75) is 44.1 Å². The van der Waals surface area contributed by atoms with Crippen LogP contribution in [0.25, 0.3) is 0 Å². The predicted molar refractivity (Wildman–Crippen MR) is 113 cm³/mol. The quantitative estimate of drug-likeness (QED) is 0.517. The van der Waals surface area contributed by atoms with Crippen LogP contribution >= 0.6 is 0 Å². The Labute approximate surface area is 186 Å². The van der Waals surface area contributed by atoms with E-state index in [9.17, 15) is 20.1 Å². The van der Waals surface area contributed by atoms with Gasteiger partial charge in [-0.2, -0.15) is 0 Å². The van der Waals surface area contributed by atoms with Gasteiger partial charge in [0.05, 0.1) is 13.7 Å². The van der Waals surface area contributed by atoms with Crippen LogP contribution in [-0.4, -0.2) is 72.5 Å². The fraction of sp³-hybridized carbons (Fsp3) is 0.435. The van der Waals surface area contributed by atoms with Crippen molar-refractivity contribution in [3.05, 3.63) is 59.7 Å². The maximum atomic E-state index is 11.4. The van der Waals surface area contributed by atoms with Crippen LogP contribution in [0.3, 0.4) is 0 Å². The number of aliphatic hydroxyl groups is 3. The van der Waals surface area contributed by atoms with E-state index in [2.05, 4.69) is 4.74 Å². The Morgan fingerprint density at radius 1 is 0.969 bits per heavy atom. The van der Waals surface area contributed by atoms with Crippen molar-refractivity contribution in [3.63, 3.8) is 0 Å². The molecule has 3 rings (SSSR count). The first-order valence-corrected chi connectivity index (χ1v) is 10.3. The lowest BCUT2D eigenvalue weighted by Gasteiger charge is -2.40. The molecule has 0 aliphatic carbocycles. The van der Waals surface area contributed by atoms with Gasteiger partial charge in [-0.25, -0.2) is 4.79 Å². The van der Waals surface area contributed by atoms with Crippen molar-refractivity contribution in [3.8, 4) is 11.5 Å². The van der Waals surface area contributed by atoms with E-state index in [1.807, 2.05) is 36.4 Å². The van der Waals surface area contributed by atoms with Gasteiger partial charge in [0, 0.05) is 6.42 Å². The second kappa shape index (κ2) is 11.1. The maximum Gasteiger partial charge on any atom is 0.508 e. The van der Waals surface area contributed by atoms with E-state index >= 15 is 0 Å². The Morgan fingerprint density at radius 2 is 1.69 bits per heavy atom. The van der Waals surface area contributed by atoms with Gasteiger partial charge < -0.3 is 39.0 Å². The third-order valence-electron chi connectivity index (χ3n) is 5.07. The summed E-state index contributed by atoms with van der Waals surface area (Å²) in [5.41, 5.74) is 1.84. The predicted octanol–water partition coefficient (Wildman–Crippen LogP) is 1.65. The van der Waals surface area contributed by atoms with Gasteiger partial charge in [0.2, 0.25) is 6.29 Å². The van der Waals surface area contributed by atoms with Crippen LogP contribution in [0.2, 0.25) is 0 Å². The van der Waals surface area contributed by atoms with Gasteiger partial charge in [-0.1, -0.05) is 30.3 Å². The summed E-state index contributed by atoms with van der Waals surface area (Å²) in [5.74, 6) is 1.20. The molecule has 0 aromatic heterocycles. The zero-order valence-electron chi connectivity index (χ0n) is 17.9. The van der Waals surface area contributed by atoms with Crippen LogP contribution < -0.4 is 9.47 Å². The highest BCUT2D eigenvalue weighted by Crippen LogP contribution is 2.28. The van der Waals surface area contributed by atoms with Gasteiger partial charge in [0.25, 0.3) is 0 Å². The monoisotopic (exact) mass is 448 g/mol. The van der Waals surface area contributed by atoms with Crippen molar-refractivity contribution in [1.29, 1.82) is 0 Å². The number of para-hydroxylation sites is 1. The Morgan fingerprint density at radius 3 is 2.38 bits per heavy atom. The van der Waals surface area contributed by atoms with Gasteiger partial charge in [-0.3, -0.25) is 0 Å². The van der Waals surface area contributed by atoms with Crippen LogP contribution in [0, 0.1) is 0 Å². The highest BCUT2D eigenvalue weighted by Gasteiger charge is 2.45. The molecule has 2 aromatic rings. The summed E-state index contributed by atoms with van der Waals surface area (Å²) in [7, 11) is 1.60. The number of carbonyl (C=O) groups excluding carboxylic acids is 1. The van der Waals surface area contributed by atoms with E-state index in [1.165, 1.54) is 0 Å².